The van der Waals surface area contributed by atoms with Crippen molar-refractivity contribution in [2.75, 3.05) is 6.79 Å². The number of fused-ring (bicyclic) bond motifs is 1. The van der Waals surface area contributed by atoms with Crippen LogP contribution < -0.4 is 14.8 Å². The molecule has 2 heterocycles. The van der Waals surface area contributed by atoms with E-state index in [-0.39, 0.29) is 24.2 Å². The van der Waals surface area contributed by atoms with Crippen molar-refractivity contribution in [1.29, 1.82) is 0 Å². The van der Waals surface area contributed by atoms with Gasteiger partial charge in [0.15, 0.2) is 17.2 Å². The number of aromatic nitrogens is 3. The Morgan fingerprint density at radius 2 is 2.04 bits per heavy atom. The third-order valence-electron chi connectivity index (χ3n) is 4.47. The largest absolute Gasteiger partial charge is 0.454 e. The highest BCUT2D eigenvalue weighted by molar-refractivity contribution is 5.93. The van der Waals surface area contributed by atoms with E-state index in [1.807, 2.05) is 12.1 Å². The van der Waals surface area contributed by atoms with E-state index in [1.54, 1.807) is 32.0 Å². The number of carbonyl (C=O) groups is 1. The molecule has 1 aromatic heterocycles. The molecule has 3 aromatic rings. The molecular formula is C19H17FN4O3. The first kappa shape index (κ1) is 17.0. The van der Waals surface area contributed by atoms with E-state index >= 15 is 0 Å². The molecule has 0 aliphatic carbocycles. The van der Waals surface area contributed by atoms with Crippen LogP contribution in [0.25, 0.3) is 5.69 Å². The Bertz CT molecular complexity index is 1030. The van der Waals surface area contributed by atoms with Crippen LogP contribution in [0.3, 0.4) is 0 Å². The first-order valence-electron chi connectivity index (χ1n) is 8.39. The van der Waals surface area contributed by atoms with E-state index in [4.69, 9.17) is 9.47 Å². The van der Waals surface area contributed by atoms with E-state index in [1.165, 1.54) is 10.7 Å². The number of amides is 1. The van der Waals surface area contributed by atoms with Crippen LogP contribution in [0, 0.1) is 19.7 Å². The molecule has 8 heteroatoms. The Kier molecular flexibility index (Phi) is 4.23. The standard InChI is InChI=1S/C19H17FN4O3/c1-11-14(20)4-3-5-15(11)24-12(2)18(22-23-24)19(25)21-9-13-6-7-16-17(8-13)27-10-26-16/h3-8H,9-10H2,1-2H3,(H,21,25). The fraction of sp³-hybridized carbons (Fsp3) is 0.211. The number of nitrogens with one attached hydrogen (secondary N) is 1. The minimum atomic E-state index is -0.356. The van der Waals surface area contributed by atoms with Gasteiger partial charge in [-0.3, -0.25) is 4.79 Å². The molecule has 0 saturated heterocycles. The zero-order valence-corrected chi connectivity index (χ0v) is 14.8. The Morgan fingerprint density at radius 3 is 2.89 bits per heavy atom. The van der Waals surface area contributed by atoms with Gasteiger partial charge in [0.1, 0.15) is 5.82 Å². The van der Waals surface area contributed by atoms with Crippen LogP contribution in [-0.4, -0.2) is 27.7 Å². The predicted molar refractivity (Wildman–Crippen MR) is 94.5 cm³/mol. The fourth-order valence-electron chi connectivity index (χ4n) is 2.91. The molecule has 138 valence electrons. The van der Waals surface area contributed by atoms with Crippen molar-refractivity contribution in [3.8, 4) is 17.2 Å². The van der Waals surface area contributed by atoms with Crippen LogP contribution in [0.2, 0.25) is 0 Å². The number of rotatable bonds is 4. The summed E-state index contributed by atoms with van der Waals surface area (Å²) in [6, 6.07) is 10.2. The highest BCUT2D eigenvalue weighted by atomic mass is 19.1. The maximum atomic E-state index is 13.8. The molecule has 0 spiro atoms. The highest BCUT2D eigenvalue weighted by Crippen LogP contribution is 2.32. The second kappa shape index (κ2) is 6.71. The summed E-state index contributed by atoms with van der Waals surface area (Å²) in [4.78, 5) is 12.5. The average Bonchev–Trinajstić information content (AvgIpc) is 3.28. The van der Waals surface area contributed by atoms with Crippen LogP contribution in [0.1, 0.15) is 27.3 Å². The van der Waals surface area contributed by atoms with Crippen LogP contribution in [0.5, 0.6) is 11.5 Å². The normalized spacial score (nSPS) is 12.3. The summed E-state index contributed by atoms with van der Waals surface area (Å²) >= 11 is 0. The summed E-state index contributed by atoms with van der Waals surface area (Å²) in [5, 5.41) is 10.8. The van der Waals surface area contributed by atoms with Crippen molar-refractivity contribution in [3.05, 3.63) is 64.7 Å². The Balaban J connectivity index is 1.51. The van der Waals surface area contributed by atoms with Crippen molar-refractivity contribution in [2.45, 2.75) is 20.4 Å². The number of carbonyl (C=O) groups excluding carboxylic acids is 1. The SMILES string of the molecule is Cc1c(F)cccc1-n1nnc(C(=O)NCc2ccc3c(c2)OCO3)c1C. The average molecular weight is 368 g/mol. The number of nitrogens with zero attached hydrogens (tertiary/aromatic N) is 3. The van der Waals surface area contributed by atoms with Crippen LogP contribution in [-0.2, 0) is 6.54 Å². The van der Waals surface area contributed by atoms with E-state index in [2.05, 4.69) is 15.6 Å². The lowest BCUT2D eigenvalue weighted by molar-refractivity contribution is 0.0945. The molecule has 1 amide bonds. The minimum absolute atomic E-state index is 0.194. The van der Waals surface area contributed by atoms with Gasteiger partial charge in [-0.15, -0.1) is 5.10 Å². The van der Waals surface area contributed by atoms with E-state index < -0.39 is 0 Å². The molecule has 0 atom stereocenters. The van der Waals surface area contributed by atoms with Gasteiger partial charge in [-0.05, 0) is 43.7 Å². The molecule has 0 fully saturated rings. The Morgan fingerprint density at radius 1 is 1.22 bits per heavy atom. The highest BCUT2D eigenvalue weighted by Gasteiger charge is 2.19. The number of ether oxygens (including phenoxy) is 2. The van der Waals surface area contributed by atoms with Gasteiger partial charge >= 0.3 is 0 Å². The van der Waals surface area contributed by atoms with Crippen LogP contribution >= 0.6 is 0 Å². The summed E-state index contributed by atoms with van der Waals surface area (Å²) in [7, 11) is 0. The minimum Gasteiger partial charge on any atom is -0.454 e. The fourth-order valence-corrected chi connectivity index (χ4v) is 2.91. The topological polar surface area (TPSA) is 78.3 Å². The number of halogens is 1. The molecule has 1 N–H and O–H groups in total. The van der Waals surface area contributed by atoms with E-state index in [0.29, 0.717) is 35.0 Å². The van der Waals surface area contributed by atoms with Crippen LogP contribution in [0.15, 0.2) is 36.4 Å². The van der Waals surface area contributed by atoms with E-state index in [0.717, 1.165) is 5.56 Å². The zero-order valence-electron chi connectivity index (χ0n) is 14.8. The quantitative estimate of drug-likeness (QED) is 0.766. The molecule has 7 nitrogen and oxygen atoms in total. The Labute approximate surface area is 154 Å². The van der Waals surface area contributed by atoms with Crippen molar-refractivity contribution in [2.24, 2.45) is 0 Å². The lowest BCUT2D eigenvalue weighted by Gasteiger charge is -2.08. The van der Waals surface area contributed by atoms with Crippen molar-refractivity contribution in [3.63, 3.8) is 0 Å². The molecular weight excluding hydrogens is 351 g/mol. The smallest absolute Gasteiger partial charge is 0.274 e. The Hall–Kier alpha value is -3.42. The maximum Gasteiger partial charge on any atom is 0.274 e. The third-order valence-corrected chi connectivity index (χ3v) is 4.47. The molecule has 0 unspecified atom stereocenters. The van der Waals surface area contributed by atoms with Gasteiger partial charge in [-0.25, -0.2) is 9.07 Å². The van der Waals surface area contributed by atoms with Gasteiger partial charge in [-0.2, -0.15) is 0 Å². The second-order valence-electron chi connectivity index (χ2n) is 6.19. The maximum absolute atomic E-state index is 13.8. The van der Waals surface area contributed by atoms with E-state index in [9.17, 15) is 9.18 Å². The van der Waals surface area contributed by atoms with Gasteiger partial charge in [0.25, 0.3) is 5.91 Å². The number of benzene rings is 2. The summed E-state index contributed by atoms with van der Waals surface area (Å²) < 4.78 is 25.9. The van der Waals surface area contributed by atoms with Gasteiger partial charge in [0.05, 0.1) is 11.4 Å². The first-order valence-corrected chi connectivity index (χ1v) is 8.39. The molecule has 2 aromatic carbocycles. The molecule has 0 saturated carbocycles. The molecule has 27 heavy (non-hydrogen) atoms. The number of hydrogen-bond donors (Lipinski definition) is 1. The van der Waals surface area contributed by atoms with Gasteiger partial charge in [0, 0.05) is 12.1 Å². The lowest BCUT2D eigenvalue weighted by Crippen LogP contribution is -2.24. The van der Waals surface area contributed by atoms with Crippen molar-refractivity contribution < 1.29 is 18.7 Å². The van der Waals surface area contributed by atoms with Crippen LogP contribution in [0.4, 0.5) is 4.39 Å². The molecule has 4 rings (SSSR count). The predicted octanol–water partition coefficient (Wildman–Crippen LogP) is 2.68. The first-order chi connectivity index (χ1) is 13.0. The summed E-state index contributed by atoms with van der Waals surface area (Å²) in [5.41, 5.74) is 2.59. The molecule has 1 aliphatic heterocycles. The van der Waals surface area contributed by atoms with Crippen molar-refractivity contribution >= 4 is 5.91 Å². The monoisotopic (exact) mass is 368 g/mol. The summed E-state index contributed by atoms with van der Waals surface area (Å²) in [6.07, 6.45) is 0. The van der Waals surface area contributed by atoms with Gasteiger partial charge in [-0.1, -0.05) is 17.3 Å². The molecule has 0 radical (unpaired) electrons. The van der Waals surface area contributed by atoms with Crippen molar-refractivity contribution in [1.82, 2.24) is 20.3 Å². The van der Waals surface area contributed by atoms with Gasteiger partial charge < -0.3 is 14.8 Å². The number of hydrogen-bond acceptors (Lipinski definition) is 5. The van der Waals surface area contributed by atoms with Gasteiger partial charge in [0.2, 0.25) is 6.79 Å². The second-order valence-corrected chi connectivity index (χ2v) is 6.19. The summed E-state index contributed by atoms with van der Waals surface area (Å²) in [5.74, 6) is 0.654. The summed E-state index contributed by atoms with van der Waals surface area (Å²) in [6.45, 7) is 3.89. The third kappa shape index (κ3) is 3.10. The zero-order chi connectivity index (χ0) is 19.0. The molecule has 0 bridgehead atoms. The molecule has 1 aliphatic rings. The lowest BCUT2D eigenvalue weighted by atomic mass is 10.2.